The predicted molar refractivity (Wildman–Crippen MR) is 90.9 cm³/mol. The molecule has 0 radical (unpaired) electrons. The number of nitrogens with zero attached hydrogens (tertiary/aromatic N) is 2. The molecule has 120 valence electrons. The van der Waals surface area contributed by atoms with Crippen LogP contribution in [0, 0.1) is 0 Å². The minimum atomic E-state index is 0.00153. The Hall–Kier alpha value is -2.12. The second-order valence-electron chi connectivity index (χ2n) is 5.17. The van der Waals surface area contributed by atoms with Gasteiger partial charge in [0, 0.05) is 54.5 Å². The van der Waals surface area contributed by atoms with E-state index in [-0.39, 0.29) is 11.9 Å². The van der Waals surface area contributed by atoms with E-state index >= 15 is 0 Å². The standard InChI is InChI=1S/C16H18N4O2S/c21-15(10-13-11-23-8-7-17-13)19-12-3-1-4-14(9-12)22-16-5-2-6-18-20-16/h1-6,9,13,17H,7-8,10-11H2,(H,19,21). The average molecular weight is 330 g/mol. The van der Waals surface area contributed by atoms with Crippen LogP contribution in [0.4, 0.5) is 5.69 Å². The second kappa shape index (κ2) is 7.94. The van der Waals surface area contributed by atoms with Crippen LogP contribution in [0.1, 0.15) is 6.42 Å². The van der Waals surface area contributed by atoms with Gasteiger partial charge in [0.25, 0.3) is 0 Å². The van der Waals surface area contributed by atoms with E-state index in [0.29, 0.717) is 23.7 Å². The molecule has 1 aromatic carbocycles. The van der Waals surface area contributed by atoms with E-state index in [4.69, 9.17) is 4.74 Å². The van der Waals surface area contributed by atoms with E-state index in [1.54, 1.807) is 24.4 Å². The Morgan fingerprint density at radius 3 is 3.13 bits per heavy atom. The van der Waals surface area contributed by atoms with Gasteiger partial charge in [0.05, 0.1) is 0 Å². The third-order valence-electron chi connectivity index (χ3n) is 3.32. The van der Waals surface area contributed by atoms with Gasteiger partial charge in [-0.2, -0.15) is 16.9 Å². The smallest absolute Gasteiger partial charge is 0.238 e. The molecule has 1 aliphatic rings. The first-order valence-electron chi connectivity index (χ1n) is 7.46. The molecule has 0 spiro atoms. The van der Waals surface area contributed by atoms with Crippen LogP contribution in [0.2, 0.25) is 0 Å². The molecule has 1 fully saturated rings. The van der Waals surface area contributed by atoms with Crippen LogP contribution in [-0.4, -0.2) is 40.2 Å². The molecule has 2 N–H and O–H groups in total. The normalized spacial score (nSPS) is 17.5. The van der Waals surface area contributed by atoms with Crippen LogP contribution in [0.15, 0.2) is 42.6 Å². The van der Waals surface area contributed by atoms with Crippen LogP contribution in [-0.2, 0) is 4.79 Å². The molecule has 1 saturated heterocycles. The van der Waals surface area contributed by atoms with E-state index < -0.39 is 0 Å². The van der Waals surface area contributed by atoms with Crippen molar-refractivity contribution >= 4 is 23.4 Å². The highest BCUT2D eigenvalue weighted by atomic mass is 32.2. The van der Waals surface area contributed by atoms with E-state index in [1.165, 1.54) is 0 Å². The first kappa shape index (κ1) is 15.8. The number of amides is 1. The van der Waals surface area contributed by atoms with Gasteiger partial charge in [-0.1, -0.05) is 6.07 Å². The maximum atomic E-state index is 12.1. The number of aromatic nitrogens is 2. The molecule has 0 saturated carbocycles. The van der Waals surface area contributed by atoms with Crippen molar-refractivity contribution in [1.82, 2.24) is 15.5 Å². The maximum absolute atomic E-state index is 12.1. The molecular formula is C16H18N4O2S. The zero-order valence-electron chi connectivity index (χ0n) is 12.6. The summed E-state index contributed by atoms with van der Waals surface area (Å²) in [5.74, 6) is 3.11. The molecule has 1 amide bonds. The van der Waals surface area contributed by atoms with E-state index in [0.717, 1.165) is 18.1 Å². The summed E-state index contributed by atoms with van der Waals surface area (Å²) in [4.78, 5) is 12.1. The highest BCUT2D eigenvalue weighted by Gasteiger charge is 2.16. The quantitative estimate of drug-likeness (QED) is 0.876. The molecule has 1 atom stereocenters. The summed E-state index contributed by atoms with van der Waals surface area (Å²) in [6.45, 7) is 0.962. The zero-order valence-corrected chi connectivity index (χ0v) is 13.4. The number of anilines is 1. The van der Waals surface area contributed by atoms with Gasteiger partial charge in [-0.25, -0.2) is 0 Å². The summed E-state index contributed by atoms with van der Waals surface area (Å²) < 4.78 is 5.61. The van der Waals surface area contributed by atoms with Gasteiger partial charge in [0.2, 0.25) is 11.8 Å². The van der Waals surface area contributed by atoms with Crippen LogP contribution in [0.5, 0.6) is 11.6 Å². The largest absolute Gasteiger partial charge is 0.437 e. The van der Waals surface area contributed by atoms with E-state index in [9.17, 15) is 4.79 Å². The number of rotatable bonds is 5. The molecule has 6 nitrogen and oxygen atoms in total. The van der Waals surface area contributed by atoms with Gasteiger partial charge in [0.15, 0.2) is 0 Å². The number of carbonyl (C=O) groups is 1. The summed E-state index contributed by atoms with van der Waals surface area (Å²) >= 11 is 1.88. The SMILES string of the molecule is O=C(CC1CSCCN1)Nc1cccc(Oc2cccnn2)c1. The van der Waals surface area contributed by atoms with Crippen molar-refractivity contribution in [2.24, 2.45) is 0 Å². The first-order chi connectivity index (χ1) is 11.3. The van der Waals surface area contributed by atoms with Crippen molar-refractivity contribution in [1.29, 1.82) is 0 Å². The Morgan fingerprint density at radius 2 is 2.35 bits per heavy atom. The average Bonchev–Trinajstić information content (AvgIpc) is 2.57. The van der Waals surface area contributed by atoms with Gasteiger partial charge < -0.3 is 15.4 Å². The van der Waals surface area contributed by atoms with Gasteiger partial charge in [-0.15, -0.1) is 5.10 Å². The fourth-order valence-corrected chi connectivity index (χ4v) is 3.24. The van der Waals surface area contributed by atoms with Crippen LogP contribution in [0.25, 0.3) is 0 Å². The molecule has 1 aromatic heterocycles. The fraction of sp³-hybridized carbons (Fsp3) is 0.312. The summed E-state index contributed by atoms with van der Waals surface area (Å²) in [7, 11) is 0. The summed E-state index contributed by atoms with van der Waals surface area (Å²) in [5, 5.41) is 13.9. The van der Waals surface area contributed by atoms with Crippen molar-refractivity contribution in [3.63, 3.8) is 0 Å². The lowest BCUT2D eigenvalue weighted by molar-refractivity contribution is -0.116. The number of thioether (sulfide) groups is 1. The number of hydrogen-bond acceptors (Lipinski definition) is 6. The summed E-state index contributed by atoms with van der Waals surface area (Å²) in [5.41, 5.74) is 0.708. The highest BCUT2D eigenvalue weighted by molar-refractivity contribution is 7.99. The molecule has 2 aromatic rings. The third-order valence-corrected chi connectivity index (χ3v) is 4.45. The van der Waals surface area contributed by atoms with Crippen molar-refractivity contribution in [2.75, 3.05) is 23.4 Å². The minimum absolute atomic E-state index is 0.00153. The molecular weight excluding hydrogens is 312 g/mol. The number of carbonyl (C=O) groups excluding carboxylic acids is 1. The molecule has 1 aliphatic heterocycles. The van der Waals surface area contributed by atoms with E-state index in [1.807, 2.05) is 30.0 Å². The number of hydrogen-bond donors (Lipinski definition) is 2. The van der Waals surface area contributed by atoms with E-state index in [2.05, 4.69) is 20.8 Å². The van der Waals surface area contributed by atoms with Crippen LogP contribution < -0.4 is 15.4 Å². The summed E-state index contributed by atoms with van der Waals surface area (Å²) in [6, 6.07) is 11.0. The van der Waals surface area contributed by atoms with Gasteiger partial charge >= 0.3 is 0 Å². The Kier molecular flexibility index (Phi) is 5.44. The Bertz CT molecular complexity index is 648. The summed E-state index contributed by atoms with van der Waals surface area (Å²) in [6.07, 6.45) is 2.06. The lowest BCUT2D eigenvalue weighted by Crippen LogP contribution is -2.39. The predicted octanol–water partition coefficient (Wildman–Crippen LogP) is 2.30. The highest BCUT2D eigenvalue weighted by Crippen LogP contribution is 2.22. The molecule has 0 bridgehead atoms. The van der Waals surface area contributed by atoms with Crippen molar-refractivity contribution in [2.45, 2.75) is 12.5 Å². The maximum Gasteiger partial charge on any atom is 0.238 e. The monoisotopic (exact) mass is 330 g/mol. The topological polar surface area (TPSA) is 76.1 Å². The molecule has 23 heavy (non-hydrogen) atoms. The molecule has 0 aliphatic carbocycles. The third kappa shape index (κ3) is 4.94. The second-order valence-corrected chi connectivity index (χ2v) is 6.32. The van der Waals surface area contributed by atoms with Crippen molar-refractivity contribution in [3.8, 4) is 11.6 Å². The van der Waals surface area contributed by atoms with Crippen LogP contribution in [0.3, 0.4) is 0 Å². The number of benzene rings is 1. The minimum Gasteiger partial charge on any atom is -0.437 e. The van der Waals surface area contributed by atoms with Gasteiger partial charge in [-0.05, 0) is 18.2 Å². The Morgan fingerprint density at radius 1 is 1.39 bits per heavy atom. The molecule has 7 heteroatoms. The van der Waals surface area contributed by atoms with Crippen molar-refractivity contribution < 1.29 is 9.53 Å². The lowest BCUT2D eigenvalue weighted by atomic mass is 10.2. The zero-order chi connectivity index (χ0) is 15.9. The van der Waals surface area contributed by atoms with Crippen LogP contribution >= 0.6 is 11.8 Å². The lowest BCUT2D eigenvalue weighted by Gasteiger charge is -2.22. The molecule has 3 rings (SSSR count). The van der Waals surface area contributed by atoms with Gasteiger partial charge in [0.1, 0.15) is 5.75 Å². The van der Waals surface area contributed by atoms with Crippen molar-refractivity contribution in [3.05, 3.63) is 42.6 Å². The Labute approximate surface area is 139 Å². The molecule has 2 heterocycles. The molecule has 1 unspecified atom stereocenters. The number of ether oxygens (including phenoxy) is 1. The first-order valence-corrected chi connectivity index (χ1v) is 8.62. The fourth-order valence-electron chi connectivity index (χ4n) is 2.29. The van der Waals surface area contributed by atoms with Gasteiger partial charge in [-0.3, -0.25) is 4.79 Å². The Balaban J connectivity index is 1.57. The number of nitrogens with one attached hydrogen (secondary N) is 2.